The number of urea groups is 1. The number of hydrogen-bond acceptors (Lipinski definition) is 4. The Kier molecular flexibility index (Phi) is 8.10. The number of aliphatic imine (C=N–C) groups is 1. The van der Waals surface area contributed by atoms with Gasteiger partial charge in [-0.3, -0.25) is 9.79 Å². The summed E-state index contributed by atoms with van der Waals surface area (Å²) in [6, 6.07) is 7.57. The Balaban J connectivity index is 1.82. The Morgan fingerprint density at radius 1 is 1.21 bits per heavy atom. The number of benzene rings is 1. The van der Waals surface area contributed by atoms with Gasteiger partial charge in [-0.05, 0) is 44.4 Å². The van der Waals surface area contributed by atoms with Crippen LogP contribution in [-0.2, 0) is 16.1 Å². The number of carbonyl (C=O) groups is 2. The Bertz CT molecular complexity index is 680. The van der Waals surface area contributed by atoms with E-state index < -0.39 is 0 Å². The van der Waals surface area contributed by atoms with Crippen molar-refractivity contribution in [2.75, 3.05) is 32.6 Å². The number of esters is 1. The summed E-state index contributed by atoms with van der Waals surface area (Å²) in [5.41, 5.74) is 1.83. The molecule has 1 aliphatic rings. The van der Waals surface area contributed by atoms with E-state index in [1.54, 1.807) is 7.05 Å². The van der Waals surface area contributed by atoms with Crippen molar-refractivity contribution in [3.63, 3.8) is 0 Å². The van der Waals surface area contributed by atoms with Crippen LogP contribution in [0.25, 0.3) is 0 Å². The van der Waals surface area contributed by atoms with Gasteiger partial charge in [-0.1, -0.05) is 12.1 Å². The summed E-state index contributed by atoms with van der Waals surface area (Å²) in [5.74, 6) is 0.674. The van der Waals surface area contributed by atoms with Crippen LogP contribution < -0.4 is 16.0 Å². The maximum atomic E-state index is 11.7. The Morgan fingerprint density at radius 2 is 1.86 bits per heavy atom. The third-order valence-electron chi connectivity index (χ3n) is 4.62. The molecule has 1 aromatic carbocycles. The molecule has 1 aliphatic heterocycles. The number of nitrogens with zero attached hydrogens (tertiary/aromatic N) is 2. The number of amides is 2. The Labute approximate surface area is 166 Å². The number of rotatable bonds is 5. The minimum Gasteiger partial charge on any atom is -0.469 e. The maximum Gasteiger partial charge on any atom is 0.319 e. The van der Waals surface area contributed by atoms with Gasteiger partial charge in [0, 0.05) is 38.4 Å². The predicted octanol–water partition coefficient (Wildman–Crippen LogP) is 2.18. The van der Waals surface area contributed by atoms with Crippen LogP contribution in [0.2, 0.25) is 0 Å². The first-order valence-electron chi connectivity index (χ1n) is 9.62. The molecule has 0 radical (unpaired) electrons. The fourth-order valence-electron chi connectivity index (χ4n) is 3.14. The zero-order valence-electron chi connectivity index (χ0n) is 17.1. The number of piperidine rings is 1. The summed E-state index contributed by atoms with van der Waals surface area (Å²) in [6.45, 7) is 6.00. The molecule has 0 spiro atoms. The average molecular weight is 390 g/mol. The van der Waals surface area contributed by atoms with E-state index >= 15 is 0 Å². The first kappa shape index (κ1) is 21.5. The monoisotopic (exact) mass is 389 g/mol. The van der Waals surface area contributed by atoms with Gasteiger partial charge >= 0.3 is 12.0 Å². The van der Waals surface area contributed by atoms with E-state index in [1.807, 2.05) is 38.1 Å². The highest BCUT2D eigenvalue weighted by Gasteiger charge is 2.26. The summed E-state index contributed by atoms with van der Waals surface area (Å²) in [4.78, 5) is 29.9. The molecule has 1 aromatic rings. The van der Waals surface area contributed by atoms with Crippen LogP contribution in [0, 0.1) is 5.92 Å². The van der Waals surface area contributed by atoms with E-state index in [2.05, 4.69) is 25.8 Å². The van der Waals surface area contributed by atoms with E-state index in [1.165, 1.54) is 7.11 Å². The molecule has 2 rings (SSSR count). The van der Waals surface area contributed by atoms with Crippen molar-refractivity contribution in [3.8, 4) is 0 Å². The minimum atomic E-state index is -0.211. The van der Waals surface area contributed by atoms with Crippen LogP contribution in [0.4, 0.5) is 10.5 Å². The van der Waals surface area contributed by atoms with E-state index in [4.69, 9.17) is 4.74 Å². The molecule has 1 fully saturated rings. The molecule has 0 saturated carbocycles. The maximum absolute atomic E-state index is 11.7. The molecule has 0 unspecified atom stereocenters. The van der Waals surface area contributed by atoms with E-state index in [9.17, 15) is 9.59 Å². The van der Waals surface area contributed by atoms with Crippen LogP contribution in [0.15, 0.2) is 29.3 Å². The van der Waals surface area contributed by atoms with Crippen LogP contribution in [0.3, 0.4) is 0 Å². The number of likely N-dealkylation sites (tertiary alicyclic amines) is 1. The molecule has 0 aliphatic carbocycles. The second-order valence-electron chi connectivity index (χ2n) is 7.14. The second kappa shape index (κ2) is 10.5. The summed E-state index contributed by atoms with van der Waals surface area (Å²) < 4.78 is 4.84. The van der Waals surface area contributed by atoms with Crippen LogP contribution in [0.1, 0.15) is 32.3 Å². The first-order chi connectivity index (χ1) is 13.4. The molecule has 8 heteroatoms. The van der Waals surface area contributed by atoms with Crippen molar-refractivity contribution in [2.45, 2.75) is 39.3 Å². The summed E-state index contributed by atoms with van der Waals surface area (Å²) in [6.07, 6.45) is 1.54. The summed E-state index contributed by atoms with van der Waals surface area (Å²) in [5, 5.41) is 8.96. The van der Waals surface area contributed by atoms with Crippen molar-refractivity contribution in [2.24, 2.45) is 10.9 Å². The van der Waals surface area contributed by atoms with Crippen molar-refractivity contribution >= 4 is 23.6 Å². The van der Waals surface area contributed by atoms with Crippen molar-refractivity contribution in [1.29, 1.82) is 0 Å². The molecule has 0 aromatic heterocycles. The lowest BCUT2D eigenvalue weighted by atomic mass is 9.97. The quantitative estimate of drug-likeness (QED) is 0.408. The molecule has 1 saturated heterocycles. The minimum absolute atomic E-state index is 0.0210. The lowest BCUT2D eigenvalue weighted by Gasteiger charge is -2.33. The van der Waals surface area contributed by atoms with E-state index in [-0.39, 0.29) is 24.0 Å². The molecular weight excluding hydrogens is 358 g/mol. The van der Waals surface area contributed by atoms with E-state index in [0.717, 1.165) is 43.1 Å². The normalized spacial score (nSPS) is 15.3. The highest BCUT2D eigenvalue weighted by molar-refractivity contribution is 5.89. The number of carbonyl (C=O) groups excluding carboxylic acids is 2. The number of guanidine groups is 1. The van der Waals surface area contributed by atoms with Gasteiger partial charge < -0.3 is 25.6 Å². The Morgan fingerprint density at radius 3 is 2.39 bits per heavy atom. The van der Waals surface area contributed by atoms with Crippen molar-refractivity contribution in [1.82, 2.24) is 15.5 Å². The fraction of sp³-hybridized carbons (Fsp3) is 0.550. The summed E-state index contributed by atoms with van der Waals surface area (Å²) >= 11 is 0. The predicted molar refractivity (Wildman–Crippen MR) is 110 cm³/mol. The largest absolute Gasteiger partial charge is 0.469 e. The lowest BCUT2D eigenvalue weighted by molar-refractivity contribution is -0.146. The third-order valence-corrected chi connectivity index (χ3v) is 4.62. The van der Waals surface area contributed by atoms with Gasteiger partial charge in [0.2, 0.25) is 0 Å². The molecule has 0 atom stereocenters. The van der Waals surface area contributed by atoms with Crippen LogP contribution >= 0.6 is 0 Å². The molecule has 8 nitrogen and oxygen atoms in total. The molecule has 0 bridgehead atoms. The van der Waals surface area contributed by atoms with Crippen molar-refractivity contribution < 1.29 is 14.3 Å². The van der Waals surface area contributed by atoms with E-state index in [0.29, 0.717) is 6.54 Å². The Hall–Kier alpha value is -2.77. The molecule has 154 valence electrons. The molecule has 3 N–H and O–H groups in total. The SMILES string of the molecule is CN=C(NCc1ccc(NC(=O)NC(C)C)cc1)N1CCC(C(=O)OC)CC1. The highest BCUT2D eigenvalue weighted by Crippen LogP contribution is 2.18. The second-order valence-corrected chi connectivity index (χ2v) is 7.14. The zero-order valence-corrected chi connectivity index (χ0v) is 17.1. The molecule has 2 amide bonds. The van der Waals surface area contributed by atoms with Gasteiger partial charge in [0.25, 0.3) is 0 Å². The summed E-state index contributed by atoms with van der Waals surface area (Å²) in [7, 11) is 3.20. The molecular formula is C20H31N5O3. The number of nitrogens with one attached hydrogen (secondary N) is 3. The first-order valence-corrected chi connectivity index (χ1v) is 9.62. The number of ether oxygens (including phenoxy) is 1. The van der Waals surface area contributed by atoms with Crippen molar-refractivity contribution in [3.05, 3.63) is 29.8 Å². The standard InChI is InChI=1S/C20H31N5O3/c1-14(2)23-20(27)24-17-7-5-15(6-8-17)13-22-19(21-3)25-11-9-16(10-12-25)18(26)28-4/h5-8,14,16H,9-13H2,1-4H3,(H,21,22)(H2,23,24,27). The van der Waals surface area contributed by atoms with Crippen LogP contribution in [-0.4, -0.2) is 56.1 Å². The van der Waals surface area contributed by atoms with Gasteiger partial charge in [0.05, 0.1) is 13.0 Å². The third kappa shape index (κ3) is 6.44. The van der Waals surface area contributed by atoms with Gasteiger partial charge in [-0.2, -0.15) is 0 Å². The fourth-order valence-corrected chi connectivity index (χ4v) is 3.14. The van der Waals surface area contributed by atoms with Gasteiger partial charge in [0.1, 0.15) is 0 Å². The lowest BCUT2D eigenvalue weighted by Crippen LogP contribution is -2.46. The smallest absolute Gasteiger partial charge is 0.319 e. The van der Waals surface area contributed by atoms with Gasteiger partial charge in [-0.15, -0.1) is 0 Å². The topological polar surface area (TPSA) is 95.1 Å². The van der Waals surface area contributed by atoms with Gasteiger partial charge in [0.15, 0.2) is 5.96 Å². The molecule has 1 heterocycles. The number of methoxy groups -OCH3 is 1. The number of hydrogen-bond donors (Lipinski definition) is 3. The molecule has 28 heavy (non-hydrogen) atoms. The number of anilines is 1. The zero-order chi connectivity index (χ0) is 20.5. The highest BCUT2D eigenvalue weighted by atomic mass is 16.5. The van der Waals surface area contributed by atoms with Crippen LogP contribution in [0.5, 0.6) is 0 Å². The van der Waals surface area contributed by atoms with Gasteiger partial charge in [-0.25, -0.2) is 4.79 Å². The average Bonchev–Trinajstić information content (AvgIpc) is 2.69.